The van der Waals surface area contributed by atoms with E-state index in [2.05, 4.69) is 62.1 Å². The van der Waals surface area contributed by atoms with E-state index in [-0.39, 0.29) is 41.5 Å². The fourth-order valence-corrected chi connectivity index (χ4v) is 13.3. The lowest BCUT2D eigenvalue weighted by Gasteiger charge is -2.43. The Kier molecular flexibility index (Phi) is 10.5. The number of fused-ring (bicyclic) bond motifs is 1. The Morgan fingerprint density at radius 3 is 2.00 bits per heavy atom. The largest absolute Gasteiger partial charge is 0.467 e. The fourth-order valence-electron chi connectivity index (χ4n) is 7.25. The van der Waals surface area contributed by atoms with Crippen molar-refractivity contribution in [1.82, 2.24) is 9.21 Å². The number of hydrogen-bond donors (Lipinski definition) is 0. The number of nitrogens with zero attached hydrogens (tertiary/aromatic N) is 2. The van der Waals surface area contributed by atoms with Gasteiger partial charge in [-0.15, -0.1) is 0 Å². The molecule has 1 aromatic heterocycles. The molecule has 0 saturated carbocycles. The lowest BCUT2D eigenvalue weighted by Crippen LogP contribution is -2.67. The minimum absolute atomic E-state index is 0.0558. The maximum absolute atomic E-state index is 15.4. The van der Waals surface area contributed by atoms with Crippen molar-refractivity contribution in [3.63, 3.8) is 0 Å². The molecule has 1 fully saturated rings. The molecule has 49 heavy (non-hydrogen) atoms. The highest BCUT2D eigenvalue weighted by Gasteiger charge is 2.50. The minimum Gasteiger partial charge on any atom is -0.467 e. The highest BCUT2D eigenvalue weighted by Crippen LogP contribution is 2.37. The molecule has 258 valence electrons. The number of sulfonamides is 1. The Bertz CT molecular complexity index is 1870. The summed E-state index contributed by atoms with van der Waals surface area (Å²) in [5.74, 6) is -0.519. The van der Waals surface area contributed by atoms with Crippen LogP contribution in [0, 0.1) is 5.92 Å². The molecule has 1 saturated heterocycles. The average Bonchev–Trinajstić information content (AvgIpc) is 3.50. The van der Waals surface area contributed by atoms with Crippen LogP contribution in [0.15, 0.2) is 112 Å². The smallest absolute Gasteiger partial charge is 0.261 e. The van der Waals surface area contributed by atoms with E-state index in [0.29, 0.717) is 25.1 Å². The molecular weight excluding hydrogens is 656 g/mol. The number of halogens is 1. The van der Waals surface area contributed by atoms with Crippen LogP contribution >= 0.6 is 0 Å². The second-order valence-corrected chi connectivity index (χ2v) is 20.5. The first-order chi connectivity index (χ1) is 23.5. The number of rotatable bonds is 11. The van der Waals surface area contributed by atoms with Crippen molar-refractivity contribution >= 4 is 34.8 Å². The van der Waals surface area contributed by atoms with Crippen LogP contribution < -0.4 is 15.8 Å². The van der Waals surface area contributed by atoms with Gasteiger partial charge < -0.3 is 8.84 Å². The monoisotopic (exact) mass is 700 g/mol. The molecule has 7 nitrogen and oxygen atoms in total. The lowest BCUT2D eigenvalue weighted by atomic mass is 9.95. The highest BCUT2D eigenvalue weighted by molar-refractivity contribution is 7.89. The Hall–Kier alpha value is -3.67. The van der Waals surface area contributed by atoms with Crippen LogP contribution in [0.2, 0.25) is 5.04 Å². The molecule has 2 aliphatic heterocycles. The van der Waals surface area contributed by atoms with E-state index >= 15 is 4.39 Å². The van der Waals surface area contributed by atoms with Crippen molar-refractivity contribution < 1.29 is 21.7 Å². The van der Waals surface area contributed by atoms with Gasteiger partial charge in [0, 0.05) is 44.8 Å². The summed E-state index contributed by atoms with van der Waals surface area (Å²) >= 11 is 0. The summed E-state index contributed by atoms with van der Waals surface area (Å²) < 4.78 is 56.5. The van der Waals surface area contributed by atoms with Crippen LogP contribution in [0.1, 0.15) is 56.1 Å². The number of piperidine rings is 1. The topological polar surface area (TPSA) is 80.1 Å². The van der Waals surface area contributed by atoms with Gasteiger partial charge in [0.1, 0.15) is 17.9 Å². The van der Waals surface area contributed by atoms with Crippen LogP contribution in [0.25, 0.3) is 6.08 Å². The van der Waals surface area contributed by atoms with E-state index in [9.17, 15) is 13.2 Å². The van der Waals surface area contributed by atoms with Gasteiger partial charge in [-0.2, -0.15) is 0 Å². The van der Waals surface area contributed by atoms with Gasteiger partial charge in [-0.3, -0.25) is 9.69 Å². The van der Waals surface area contributed by atoms with Crippen molar-refractivity contribution in [3.8, 4) is 0 Å². The van der Waals surface area contributed by atoms with Gasteiger partial charge in [0.25, 0.3) is 8.32 Å². The summed E-state index contributed by atoms with van der Waals surface area (Å²) in [6, 6.07) is 30.0. The van der Waals surface area contributed by atoms with Crippen LogP contribution in [0.3, 0.4) is 0 Å². The molecule has 4 aromatic rings. The zero-order valence-electron chi connectivity index (χ0n) is 28.5. The minimum atomic E-state index is -3.64. The predicted octanol–water partition coefficient (Wildman–Crippen LogP) is 6.08. The van der Waals surface area contributed by atoms with Crippen molar-refractivity contribution in [2.75, 3.05) is 25.4 Å². The quantitative estimate of drug-likeness (QED) is 0.177. The number of benzene rings is 3. The van der Waals surface area contributed by atoms with E-state index in [1.54, 1.807) is 0 Å². The Labute approximate surface area is 290 Å². The summed E-state index contributed by atoms with van der Waals surface area (Å²) in [5, 5.41) is 1.92. The first-order valence-corrected chi connectivity index (χ1v) is 20.5. The van der Waals surface area contributed by atoms with Crippen LogP contribution in [-0.4, -0.2) is 51.4 Å². The van der Waals surface area contributed by atoms with E-state index in [1.165, 1.54) is 33.8 Å². The molecule has 0 N–H and O–H groups in total. The summed E-state index contributed by atoms with van der Waals surface area (Å²) in [5.41, 5.74) is 2.40. The SMILES string of the molecule is CC(C)(C)[Si](OCCS(=O)(=O)N1CCC(/C(F)=C/c2coc(CN3Cc4ccccc4C3)cc2=O)CC1)(c1ccccc1)c1ccccc1. The van der Waals surface area contributed by atoms with Crippen molar-refractivity contribution in [3.05, 3.63) is 136 Å². The zero-order chi connectivity index (χ0) is 34.6. The Morgan fingerprint density at radius 1 is 0.918 bits per heavy atom. The first-order valence-electron chi connectivity index (χ1n) is 17.0. The molecule has 0 bridgehead atoms. The molecule has 0 amide bonds. The number of hydrogen-bond acceptors (Lipinski definition) is 6. The molecule has 0 radical (unpaired) electrons. The van der Waals surface area contributed by atoms with Gasteiger partial charge in [0.15, 0.2) is 5.43 Å². The third-order valence-corrected chi connectivity index (χ3v) is 16.7. The van der Waals surface area contributed by atoms with E-state index in [4.69, 9.17) is 8.84 Å². The lowest BCUT2D eigenvalue weighted by molar-refractivity contribution is 0.248. The summed E-state index contributed by atoms with van der Waals surface area (Å²) in [7, 11) is -6.51. The maximum atomic E-state index is 15.4. The van der Waals surface area contributed by atoms with E-state index in [1.807, 2.05) is 48.5 Å². The summed E-state index contributed by atoms with van der Waals surface area (Å²) in [4.78, 5) is 15.1. The first kappa shape index (κ1) is 35.2. The molecule has 3 aromatic carbocycles. The maximum Gasteiger partial charge on any atom is 0.261 e. The second-order valence-electron chi connectivity index (χ2n) is 14.1. The van der Waals surface area contributed by atoms with Gasteiger partial charge in [-0.25, -0.2) is 17.1 Å². The van der Waals surface area contributed by atoms with Crippen LogP contribution in [-0.2, 0) is 34.1 Å². The van der Waals surface area contributed by atoms with Gasteiger partial charge in [0.05, 0.1) is 17.9 Å². The van der Waals surface area contributed by atoms with Crippen molar-refractivity contribution in [2.45, 2.75) is 58.3 Å². The third-order valence-electron chi connectivity index (χ3n) is 9.81. The molecule has 0 spiro atoms. The highest BCUT2D eigenvalue weighted by atomic mass is 32.2. The molecule has 0 unspecified atom stereocenters. The Balaban J connectivity index is 1.06. The Morgan fingerprint density at radius 2 is 1.47 bits per heavy atom. The average molecular weight is 701 g/mol. The molecule has 2 aliphatic rings. The predicted molar refractivity (Wildman–Crippen MR) is 195 cm³/mol. The van der Waals surface area contributed by atoms with Gasteiger partial charge in [-0.05, 0) is 45.5 Å². The van der Waals surface area contributed by atoms with E-state index in [0.717, 1.165) is 23.5 Å². The molecule has 10 heteroatoms. The summed E-state index contributed by atoms with van der Waals surface area (Å²) in [6.45, 7) is 9.02. The normalized spacial score (nSPS) is 16.9. The van der Waals surface area contributed by atoms with E-state index < -0.39 is 30.1 Å². The molecule has 0 atom stereocenters. The third kappa shape index (κ3) is 7.73. The molecular formula is C39H45FN2O5SSi. The fraction of sp³-hybridized carbons (Fsp3) is 0.359. The molecule has 0 aliphatic carbocycles. The second kappa shape index (κ2) is 14.7. The molecule has 6 rings (SSSR count). The van der Waals surface area contributed by atoms with Gasteiger partial charge >= 0.3 is 0 Å². The van der Waals surface area contributed by atoms with Crippen molar-refractivity contribution in [2.24, 2.45) is 5.92 Å². The van der Waals surface area contributed by atoms with Gasteiger partial charge in [0.2, 0.25) is 10.0 Å². The summed E-state index contributed by atoms with van der Waals surface area (Å²) in [6.07, 6.45) is 3.23. The molecule has 3 heterocycles. The van der Waals surface area contributed by atoms with Crippen LogP contribution in [0.4, 0.5) is 4.39 Å². The van der Waals surface area contributed by atoms with Crippen molar-refractivity contribution in [1.29, 1.82) is 0 Å². The van der Waals surface area contributed by atoms with Crippen LogP contribution in [0.5, 0.6) is 0 Å². The number of allylic oxidation sites excluding steroid dienone is 1. The van der Waals surface area contributed by atoms with Gasteiger partial charge in [-0.1, -0.05) is 106 Å². The standard InChI is InChI=1S/C39H45FN2O5SSi/c1-39(2,3)49(35-14-6-4-7-15-35,36-16-8-5-9-17-36)47-22-23-48(44,45)42-20-18-30(19-21-42)37(40)24-33-29-46-34(25-38(33)43)28-41-26-31-12-10-11-13-32(31)27-41/h4-17,24-25,29-30H,18-23,26-28H2,1-3H3/b37-24-. The zero-order valence-corrected chi connectivity index (χ0v) is 30.3.